The minimum absolute atomic E-state index is 0.0994. The van der Waals surface area contributed by atoms with Crippen molar-refractivity contribution in [2.24, 2.45) is 0 Å². The summed E-state index contributed by atoms with van der Waals surface area (Å²) in [4.78, 5) is 4.07. The molecule has 94 valence electrons. The van der Waals surface area contributed by atoms with Gasteiger partial charge in [-0.2, -0.15) is 0 Å². The first-order chi connectivity index (χ1) is 9.43. The van der Waals surface area contributed by atoms with Gasteiger partial charge in [0.1, 0.15) is 0 Å². The smallest absolute Gasteiger partial charge is 0.179 e. The number of aromatic nitrogens is 4. The first-order valence-corrected chi connectivity index (χ1v) is 6.39. The van der Waals surface area contributed by atoms with E-state index >= 15 is 0 Å². The maximum Gasteiger partial charge on any atom is 0.179 e. The highest BCUT2D eigenvalue weighted by Gasteiger charge is 2.24. The lowest BCUT2D eigenvalue weighted by molar-refractivity contribution is 0.539. The summed E-state index contributed by atoms with van der Waals surface area (Å²) in [6.45, 7) is 0.960. The first-order valence-electron chi connectivity index (χ1n) is 6.39. The summed E-state index contributed by atoms with van der Waals surface area (Å²) in [6, 6.07) is 8.61. The van der Waals surface area contributed by atoms with Gasteiger partial charge in [-0.25, -0.2) is 0 Å². The highest BCUT2D eigenvalue weighted by Crippen LogP contribution is 2.27. The lowest BCUT2D eigenvalue weighted by Crippen LogP contribution is -2.31. The predicted octanol–water partition coefficient (Wildman–Crippen LogP) is 1.36. The third kappa shape index (κ3) is 1.62. The highest BCUT2D eigenvalue weighted by molar-refractivity contribution is 5.40. The maximum atomic E-state index is 4.33. The van der Waals surface area contributed by atoms with Crippen LogP contribution >= 0.6 is 0 Å². The predicted molar refractivity (Wildman–Crippen MR) is 70.8 cm³/mol. The Balaban J connectivity index is 1.90. The molecule has 0 spiro atoms. The van der Waals surface area contributed by atoms with Crippen molar-refractivity contribution < 1.29 is 0 Å². The molecule has 1 N–H and O–H groups in total. The molecule has 19 heavy (non-hydrogen) atoms. The average molecular weight is 251 g/mol. The molecule has 1 unspecified atom stereocenters. The summed E-state index contributed by atoms with van der Waals surface area (Å²) in [6.07, 6.45) is 6.45. The Kier molecular flexibility index (Phi) is 2.31. The van der Waals surface area contributed by atoms with Gasteiger partial charge in [-0.15, -0.1) is 10.2 Å². The molecule has 2 aromatic heterocycles. The number of nitrogens with zero attached hydrogens (tertiary/aromatic N) is 4. The van der Waals surface area contributed by atoms with Crippen LogP contribution in [0.25, 0.3) is 5.65 Å². The fraction of sp³-hybridized carbons (Fsp3) is 0.214. The molecule has 0 bridgehead atoms. The Labute approximate surface area is 110 Å². The van der Waals surface area contributed by atoms with Crippen LogP contribution in [0.4, 0.5) is 0 Å². The zero-order valence-corrected chi connectivity index (χ0v) is 10.3. The Bertz CT molecular complexity index is 733. The van der Waals surface area contributed by atoms with Crippen LogP contribution in [-0.2, 0) is 6.42 Å². The van der Waals surface area contributed by atoms with Gasteiger partial charge in [-0.05, 0) is 17.5 Å². The summed E-state index contributed by atoms with van der Waals surface area (Å²) < 4.78 is 1.99. The van der Waals surface area contributed by atoms with Crippen LogP contribution in [-0.4, -0.2) is 26.1 Å². The Hall–Kier alpha value is -2.27. The summed E-state index contributed by atoms with van der Waals surface area (Å²) in [5, 5.41) is 12.0. The molecule has 0 radical (unpaired) electrons. The van der Waals surface area contributed by atoms with Crippen LogP contribution in [0.3, 0.4) is 0 Å². The van der Waals surface area contributed by atoms with Crippen molar-refractivity contribution in [2.45, 2.75) is 12.5 Å². The molecule has 0 amide bonds. The third-order valence-electron chi connectivity index (χ3n) is 3.61. The number of hydrogen-bond donors (Lipinski definition) is 1. The van der Waals surface area contributed by atoms with Crippen LogP contribution in [0, 0.1) is 0 Å². The summed E-state index contributed by atoms with van der Waals surface area (Å²) in [7, 11) is 0. The van der Waals surface area contributed by atoms with Crippen molar-refractivity contribution >= 4 is 5.65 Å². The van der Waals surface area contributed by atoms with Gasteiger partial charge in [-0.1, -0.05) is 24.3 Å². The van der Waals surface area contributed by atoms with E-state index in [1.54, 1.807) is 12.4 Å². The average Bonchev–Trinajstić information content (AvgIpc) is 2.90. The highest BCUT2D eigenvalue weighted by atomic mass is 15.3. The van der Waals surface area contributed by atoms with Gasteiger partial charge in [0.2, 0.25) is 0 Å². The van der Waals surface area contributed by atoms with E-state index < -0.39 is 0 Å². The van der Waals surface area contributed by atoms with Crippen LogP contribution in [0.5, 0.6) is 0 Å². The van der Waals surface area contributed by atoms with E-state index in [-0.39, 0.29) is 6.04 Å². The van der Waals surface area contributed by atoms with E-state index in [1.807, 2.05) is 10.6 Å². The zero-order valence-electron chi connectivity index (χ0n) is 10.3. The van der Waals surface area contributed by atoms with E-state index in [4.69, 9.17) is 0 Å². The fourth-order valence-corrected chi connectivity index (χ4v) is 2.70. The van der Waals surface area contributed by atoms with Crippen molar-refractivity contribution in [3.8, 4) is 0 Å². The molecule has 5 nitrogen and oxygen atoms in total. The monoisotopic (exact) mass is 251 g/mol. The van der Waals surface area contributed by atoms with Gasteiger partial charge >= 0.3 is 0 Å². The van der Waals surface area contributed by atoms with E-state index in [0.717, 1.165) is 24.4 Å². The Morgan fingerprint density at radius 2 is 2.16 bits per heavy atom. The minimum atomic E-state index is 0.0994. The number of hydrogen-bond acceptors (Lipinski definition) is 4. The maximum absolute atomic E-state index is 4.33. The molecule has 0 saturated carbocycles. The molecule has 1 aliphatic rings. The SMILES string of the molecule is c1ccc2c(c1)CCNC2c1nnc2cnccn12. The van der Waals surface area contributed by atoms with Gasteiger partial charge in [0.05, 0.1) is 12.2 Å². The molecule has 4 rings (SSSR count). The van der Waals surface area contributed by atoms with Crippen LogP contribution in [0.1, 0.15) is 23.0 Å². The second-order valence-electron chi connectivity index (χ2n) is 4.70. The molecule has 0 aliphatic carbocycles. The molecule has 3 aromatic rings. The van der Waals surface area contributed by atoms with Gasteiger partial charge in [0.25, 0.3) is 0 Å². The fourth-order valence-electron chi connectivity index (χ4n) is 2.70. The first kappa shape index (κ1) is 10.6. The van der Waals surface area contributed by atoms with E-state index in [1.165, 1.54) is 11.1 Å². The van der Waals surface area contributed by atoms with Gasteiger partial charge < -0.3 is 5.32 Å². The number of rotatable bonds is 1. The quantitative estimate of drug-likeness (QED) is 0.709. The van der Waals surface area contributed by atoms with Gasteiger partial charge in [0, 0.05) is 18.9 Å². The number of benzene rings is 1. The topological polar surface area (TPSA) is 55.1 Å². The van der Waals surface area contributed by atoms with Crippen LogP contribution < -0.4 is 5.32 Å². The van der Waals surface area contributed by atoms with Crippen molar-refractivity contribution in [3.63, 3.8) is 0 Å². The lowest BCUT2D eigenvalue weighted by Gasteiger charge is -2.25. The minimum Gasteiger partial charge on any atom is -0.303 e. The summed E-state index contributed by atoms with van der Waals surface area (Å²) in [5.41, 5.74) is 3.46. The number of nitrogens with one attached hydrogen (secondary N) is 1. The molecular formula is C14H13N5. The van der Waals surface area contributed by atoms with Crippen molar-refractivity contribution in [3.05, 3.63) is 59.8 Å². The Morgan fingerprint density at radius 1 is 1.21 bits per heavy atom. The lowest BCUT2D eigenvalue weighted by atomic mass is 9.94. The van der Waals surface area contributed by atoms with Crippen molar-refractivity contribution in [2.75, 3.05) is 6.54 Å². The van der Waals surface area contributed by atoms with Crippen molar-refractivity contribution in [1.29, 1.82) is 0 Å². The third-order valence-corrected chi connectivity index (χ3v) is 3.61. The second-order valence-corrected chi connectivity index (χ2v) is 4.70. The van der Waals surface area contributed by atoms with E-state index in [0.29, 0.717) is 0 Å². The van der Waals surface area contributed by atoms with E-state index in [2.05, 4.69) is 44.8 Å². The summed E-state index contributed by atoms with van der Waals surface area (Å²) in [5.74, 6) is 0.921. The molecule has 1 atom stereocenters. The van der Waals surface area contributed by atoms with Crippen LogP contribution in [0.15, 0.2) is 42.9 Å². The zero-order chi connectivity index (χ0) is 12.7. The molecule has 5 heteroatoms. The summed E-state index contributed by atoms with van der Waals surface area (Å²) >= 11 is 0. The molecule has 0 fully saturated rings. The van der Waals surface area contributed by atoms with E-state index in [9.17, 15) is 0 Å². The normalized spacial score (nSPS) is 18.4. The number of fused-ring (bicyclic) bond motifs is 2. The Morgan fingerprint density at radius 3 is 3.16 bits per heavy atom. The van der Waals surface area contributed by atoms with Crippen LogP contribution in [0.2, 0.25) is 0 Å². The van der Waals surface area contributed by atoms with Gasteiger partial charge in [-0.3, -0.25) is 9.38 Å². The largest absolute Gasteiger partial charge is 0.303 e. The van der Waals surface area contributed by atoms with Crippen molar-refractivity contribution in [1.82, 2.24) is 24.9 Å². The van der Waals surface area contributed by atoms with Gasteiger partial charge in [0.15, 0.2) is 11.5 Å². The molecule has 1 aliphatic heterocycles. The molecule has 1 aromatic carbocycles. The molecule has 0 saturated heterocycles. The standard InChI is InChI=1S/C14H13N5/c1-2-4-11-10(3-1)5-6-16-13(11)14-18-17-12-9-15-7-8-19(12)14/h1-4,7-9,13,16H,5-6H2. The second kappa shape index (κ2) is 4.13. The molecule has 3 heterocycles. The molecular weight excluding hydrogens is 238 g/mol.